The Labute approximate surface area is 153 Å². The topological polar surface area (TPSA) is 25.2 Å². The number of hydrogen-bond acceptors (Lipinski definition) is 1. The fraction of sp³-hybridized carbons (Fsp3) is 0.174. The molecule has 130 valence electrons. The second kappa shape index (κ2) is 7.04. The van der Waals surface area contributed by atoms with E-state index in [2.05, 4.69) is 53.1 Å². The Morgan fingerprint density at radius 3 is 1.92 bits per heavy atom. The van der Waals surface area contributed by atoms with Crippen LogP contribution in [0.25, 0.3) is 21.8 Å². The van der Waals surface area contributed by atoms with Gasteiger partial charge in [0, 0.05) is 34.9 Å². The van der Waals surface area contributed by atoms with Crippen LogP contribution in [0.1, 0.15) is 12.5 Å². The fourth-order valence-electron chi connectivity index (χ4n) is 3.59. The molecule has 0 aliphatic carbocycles. The van der Waals surface area contributed by atoms with Crippen molar-refractivity contribution in [3.63, 3.8) is 0 Å². The molecule has 3 aromatic carbocycles. The van der Waals surface area contributed by atoms with Gasteiger partial charge in [-0.3, -0.25) is 4.79 Å². The van der Waals surface area contributed by atoms with E-state index in [0.717, 1.165) is 16.6 Å². The molecule has 0 atom stereocenters. The second-order valence-electron chi connectivity index (χ2n) is 6.51. The van der Waals surface area contributed by atoms with Crippen LogP contribution in [0.5, 0.6) is 0 Å². The van der Waals surface area contributed by atoms with Crippen molar-refractivity contribution in [2.24, 2.45) is 0 Å². The van der Waals surface area contributed by atoms with E-state index < -0.39 is 0 Å². The third kappa shape index (κ3) is 2.97. The second-order valence-corrected chi connectivity index (χ2v) is 6.51. The van der Waals surface area contributed by atoms with Crippen LogP contribution in [0.2, 0.25) is 0 Å². The van der Waals surface area contributed by atoms with Gasteiger partial charge in [0.25, 0.3) is 0 Å². The predicted octanol–water partition coefficient (Wildman–Crippen LogP) is 4.84. The minimum Gasteiger partial charge on any atom is -0.337 e. The summed E-state index contributed by atoms with van der Waals surface area (Å²) in [6.07, 6.45) is 0. The van der Waals surface area contributed by atoms with Crippen LogP contribution in [0.15, 0.2) is 78.9 Å². The van der Waals surface area contributed by atoms with E-state index in [9.17, 15) is 4.79 Å². The van der Waals surface area contributed by atoms with E-state index in [1.54, 1.807) is 0 Å². The predicted molar refractivity (Wildman–Crippen MR) is 107 cm³/mol. The molecule has 4 rings (SSSR count). The van der Waals surface area contributed by atoms with E-state index in [4.69, 9.17) is 0 Å². The quantitative estimate of drug-likeness (QED) is 0.509. The number of amides is 1. The lowest BCUT2D eigenvalue weighted by Gasteiger charge is -2.22. The average Bonchev–Trinajstić information content (AvgIpc) is 3.01. The van der Waals surface area contributed by atoms with Gasteiger partial charge >= 0.3 is 0 Å². The summed E-state index contributed by atoms with van der Waals surface area (Å²) in [5.74, 6) is 0.142. The molecule has 0 spiro atoms. The fourth-order valence-corrected chi connectivity index (χ4v) is 3.59. The number of carbonyl (C=O) groups is 1. The number of nitrogens with zero attached hydrogens (tertiary/aromatic N) is 2. The third-order valence-corrected chi connectivity index (χ3v) is 4.92. The van der Waals surface area contributed by atoms with Gasteiger partial charge in [-0.2, -0.15) is 0 Å². The molecule has 0 unspecified atom stereocenters. The Bertz CT molecular complexity index is 996. The molecular weight excluding hydrogens is 320 g/mol. The monoisotopic (exact) mass is 342 g/mol. The molecule has 4 aromatic rings. The van der Waals surface area contributed by atoms with Gasteiger partial charge in [0.05, 0.1) is 0 Å². The molecule has 3 nitrogen and oxygen atoms in total. The first-order valence-corrected chi connectivity index (χ1v) is 9.05. The SMILES string of the molecule is CCN(Cc1ccccc1)C(=O)Cn1c2ccccc2c2ccccc21. The Hall–Kier alpha value is -3.07. The van der Waals surface area contributed by atoms with Crippen molar-refractivity contribution in [2.45, 2.75) is 20.0 Å². The maximum Gasteiger partial charge on any atom is 0.242 e. The number of likely N-dealkylation sites (N-methyl/N-ethyl adjacent to an activating group) is 1. The van der Waals surface area contributed by atoms with Crippen molar-refractivity contribution < 1.29 is 4.79 Å². The zero-order valence-electron chi connectivity index (χ0n) is 14.9. The normalized spacial score (nSPS) is 11.1. The van der Waals surface area contributed by atoms with Gasteiger partial charge in [-0.25, -0.2) is 0 Å². The number of para-hydroxylation sites is 2. The molecule has 0 aliphatic heterocycles. The molecule has 0 radical (unpaired) electrons. The smallest absolute Gasteiger partial charge is 0.242 e. The minimum atomic E-state index is 0.142. The largest absolute Gasteiger partial charge is 0.337 e. The molecule has 0 N–H and O–H groups in total. The summed E-state index contributed by atoms with van der Waals surface area (Å²) >= 11 is 0. The van der Waals surface area contributed by atoms with Gasteiger partial charge in [0.2, 0.25) is 5.91 Å². The van der Waals surface area contributed by atoms with Crippen LogP contribution < -0.4 is 0 Å². The first-order valence-electron chi connectivity index (χ1n) is 9.05. The maximum absolute atomic E-state index is 13.0. The number of rotatable bonds is 5. The van der Waals surface area contributed by atoms with Gasteiger partial charge in [0.15, 0.2) is 0 Å². The Morgan fingerprint density at radius 2 is 1.35 bits per heavy atom. The number of benzene rings is 3. The molecule has 3 heteroatoms. The Morgan fingerprint density at radius 1 is 0.808 bits per heavy atom. The number of aromatic nitrogens is 1. The lowest BCUT2D eigenvalue weighted by Crippen LogP contribution is -2.33. The Balaban J connectivity index is 1.68. The summed E-state index contributed by atoms with van der Waals surface area (Å²) in [4.78, 5) is 15.0. The summed E-state index contributed by atoms with van der Waals surface area (Å²) in [6, 6.07) is 26.8. The summed E-state index contributed by atoms with van der Waals surface area (Å²) in [5.41, 5.74) is 3.38. The molecular formula is C23H22N2O. The van der Waals surface area contributed by atoms with Gasteiger partial charge < -0.3 is 9.47 Å². The van der Waals surface area contributed by atoms with Crippen molar-refractivity contribution in [2.75, 3.05) is 6.54 Å². The number of hydrogen-bond donors (Lipinski definition) is 0. The van der Waals surface area contributed by atoms with Crippen LogP contribution in [0, 0.1) is 0 Å². The minimum absolute atomic E-state index is 0.142. The molecule has 0 fully saturated rings. The van der Waals surface area contributed by atoms with Crippen molar-refractivity contribution in [3.05, 3.63) is 84.4 Å². The molecule has 1 amide bonds. The maximum atomic E-state index is 13.0. The molecule has 0 bridgehead atoms. The van der Waals surface area contributed by atoms with E-state index in [0.29, 0.717) is 19.6 Å². The zero-order valence-corrected chi connectivity index (χ0v) is 14.9. The number of carbonyl (C=O) groups excluding carboxylic acids is 1. The van der Waals surface area contributed by atoms with E-state index in [1.165, 1.54) is 10.8 Å². The van der Waals surface area contributed by atoms with Crippen molar-refractivity contribution in [1.29, 1.82) is 0 Å². The first-order chi connectivity index (χ1) is 12.8. The molecule has 0 saturated heterocycles. The Kier molecular flexibility index (Phi) is 4.44. The van der Waals surface area contributed by atoms with Gasteiger partial charge in [0.1, 0.15) is 6.54 Å². The molecule has 0 aliphatic rings. The molecule has 0 saturated carbocycles. The van der Waals surface area contributed by atoms with E-state index >= 15 is 0 Å². The highest BCUT2D eigenvalue weighted by Crippen LogP contribution is 2.28. The lowest BCUT2D eigenvalue weighted by molar-refractivity contribution is -0.132. The van der Waals surface area contributed by atoms with E-state index in [1.807, 2.05) is 42.2 Å². The van der Waals surface area contributed by atoms with Crippen LogP contribution in [-0.4, -0.2) is 21.9 Å². The van der Waals surface area contributed by atoms with Crippen molar-refractivity contribution >= 4 is 27.7 Å². The van der Waals surface area contributed by atoms with Gasteiger partial charge in [-0.05, 0) is 24.6 Å². The third-order valence-electron chi connectivity index (χ3n) is 4.92. The van der Waals surface area contributed by atoms with Crippen LogP contribution >= 0.6 is 0 Å². The highest BCUT2D eigenvalue weighted by atomic mass is 16.2. The molecule has 26 heavy (non-hydrogen) atoms. The molecule has 1 aromatic heterocycles. The zero-order chi connectivity index (χ0) is 17.9. The number of fused-ring (bicyclic) bond motifs is 3. The van der Waals surface area contributed by atoms with Crippen molar-refractivity contribution in [3.8, 4) is 0 Å². The highest BCUT2D eigenvalue weighted by molar-refractivity contribution is 6.08. The van der Waals surface area contributed by atoms with Gasteiger partial charge in [-0.15, -0.1) is 0 Å². The van der Waals surface area contributed by atoms with Crippen LogP contribution in [-0.2, 0) is 17.9 Å². The van der Waals surface area contributed by atoms with Crippen molar-refractivity contribution in [1.82, 2.24) is 9.47 Å². The average molecular weight is 342 g/mol. The summed E-state index contributed by atoms with van der Waals surface area (Å²) < 4.78 is 2.14. The first kappa shape index (κ1) is 16.4. The lowest BCUT2D eigenvalue weighted by atomic mass is 10.2. The van der Waals surface area contributed by atoms with Gasteiger partial charge in [-0.1, -0.05) is 66.7 Å². The summed E-state index contributed by atoms with van der Waals surface area (Å²) in [5, 5.41) is 2.39. The summed E-state index contributed by atoms with van der Waals surface area (Å²) in [6.45, 7) is 3.74. The molecule has 1 heterocycles. The van der Waals surface area contributed by atoms with E-state index in [-0.39, 0.29) is 5.91 Å². The highest BCUT2D eigenvalue weighted by Gasteiger charge is 2.16. The van der Waals surface area contributed by atoms with Crippen LogP contribution in [0.3, 0.4) is 0 Å². The summed E-state index contributed by atoms with van der Waals surface area (Å²) in [7, 11) is 0. The standard InChI is InChI=1S/C23H22N2O/c1-2-24(16-18-10-4-3-5-11-18)23(26)17-25-21-14-8-6-12-19(21)20-13-7-9-15-22(20)25/h3-15H,2,16-17H2,1H3. The van der Waals surface area contributed by atoms with Crippen LogP contribution in [0.4, 0.5) is 0 Å².